The van der Waals surface area contributed by atoms with Crippen LogP contribution < -0.4 is 10.6 Å². The first-order valence-corrected chi connectivity index (χ1v) is 15.0. The second-order valence-electron chi connectivity index (χ2n) is 10.7. The van der Waals surface area contributed by atoms with Crippen LogP contribution in [0.15, 0.2) is 40.9 Å². The maximum atomic E-state index is 12.1. The van der Waals surface area contributed by atoms with Crippen LogP contribution in [0.1, 0.15) is 59.8 Å². The number of anilines is 4. The molecule has 6 rings (SSSR count). The standard InChI is InChI=1S/C27H33N7OS/c1-34-15-19-7-4-6-18-12-21(13-20(16-34)25(18)19)29-27-28-14-22(17-10-11-17)26(32-27)31-23-8-5-9-24(30-23)33-36(2,3)35/h5,8-9,12-14,17,19H,4,6-7,10-11,15-16H2,1-3H3,(H2,28,29,30,31,32). The van der Waals surface area contributed by atoms with Crippen molar-refractivity contribution in [3.63, 3.8) is 0 Å². The van der Waals surface area contributed by atoms with Crippen LogP contribution in [0.2, 0.25) is 0 Å². The van der Waals surface area contributed by atoms with Crippen molar-refractivity contribution in [2.75, 3.05) is 36.7 Å². The van der Waals surface area contributed by atoms with Crippen molar-refractivity contribution < 1.29 is 4.21 Å². The number of pyridine rings is 1. The zero-order chi connectivity index (χ0) is 24.9. The molecule has 8 nitrogen and oxygen atoms in total. The topological polar surface area (TPSA) is 95.4 Å². The molecule has 9 heteroatoms. The third kappa shape index (κ3) is 5.08. The normalized spacial score (nSPS) is 19.5. The molecular formula is C27H33N7OS. The lowest BCUT2D eigenvalue weighted by Crippen LogP contribution is -2.33. The molecule has 3 aromatic rings. The van der Waals surface area contributed by atoms with Crippen LogP contribution in [-0.4, -0.2) is 50.2 Å². The third-order valence-corrected chi connectivity index (χ3v) is 7.74. The molecule has 2 N–H and O–H groups in total. The number of aryl methyl sites for hydroxylation is 1. The van der Waals surface area contributed by atoms with Gasteiger partial charge < -0.3 is 15.5 Å². The molecule has 3 aliphatic rings. The number of hydrogen-bond acceptors (Lipinski definition) is 8. The van der Waals surface area contributed by atoms with Crippen LogP contribution in [0, 0.1) is 0 Å². The van der Waals surface area contributed by atoms with Gasteiger partial charge in [-0.25, -0.2) is 14.2 Å². The van der Waals surface area contributed by atoms with Gasteiger partial charge in [-0.3, -0.25) is 0 Å². The largest absolute Gasteiger partial charge is 0.324 e. The second kappa shape index (κ2) is 9.12. The SMILES string of the molecule is CN1Cc2cc(Nc3ncc(C4CC4)c(Nc4cccc(N=S(C)(C)=O)n4)n3)cc3c2C(CCC3)C1. The van der Waals surface area contributed by atoms with Gasteiger partial charge in [-0.1, -0.05) is 6.07 Å². The molecule has 2 aromatic heterocycles. The van der Waals surface area contributed by atoms with Crippen LogP contribution in [0.4, 0.5) is 29.1 Å². The monoisotopic (exact) mass is 503 g/mol. The van der Waals surface area contributed by atoms with Crippen molar-refractivity contribution >= 4 is 38.8 Å². The summed E-state index contributed by atoms with van der Waals surface area (Å²) in [4.78, 5) is 16.5. The van der Waals surface area contributed by atoms with E-state index >= 15 is 0 Å². The summed E-state index contributed by atoms with van der Waals surface area (Å²) in [5.41, 5.74) is 6.63. The van der Waals surface area contributed by atoms with Crippen LogP contribution in [0.5, 0.6) is 0 Å². The van der Waals surface area contributed by atoms with Crippen LogP contribution in [-0.2, 0) is 22.7 Å². The van der Waals surface area contributed by atoms with Crippen LogP contribution >= 0.6 is 0 Å². The summed E-state index contributed by atoms with van der Waals surface area (Å²) in [6, 6.07) is 10.1. The maximum absolute atomic E-state index is 12.1. The van der Waals surface area contributed by atoms with Crippen LogP contribution in [0.3, 0.4) is 0 Å². The van der Waals surface area contributed by atoms with Crippen molar-refractivity contribution in [3.05, 3.63) is 58.8 Å². The number of benzene rings is 1. The van der Waals surface area contributed by atoms with Crippen molar-refractivity contribution in [3.8, 4) is 0 Å². The van der Waals surface area contributed by atoms with Gasteiger partial charge in [0, 0.05) is 52.8 Å². The van der Waals surface area contributed by atoms with Gasteiger partial charge in [0.05, 0.1) is 0 Å². The van der Waals surface area contributed by atoms with Gasteiger partial charge in [-0.15, -0.1) is 0 Å². The van der Waals surface area contributed by atoms with E-state index in [9.17, 15) is 4.21 Å². The van der Waals surface area contributed by atoms with Gasteiger partial charge >= 0.3 is 0 Å². The lowest BCUT2D eigenvalue weighted by Gasteiger charge is -2.37. The lowest BCUT2D eigenvalue weighted by atomic mass is 9.77. The molecule has 188 valence electrons. The lowest BCUT2D eigenvalue weighted by molar-refractivity contribution is 0.266. The highest BCUT2D eigenvalue weighted by Gasteiger charge is 2.30. The van der Waals surface area contributed by atoms with Gasteiger partial charge in [0.15, 0.2) is 5.82 Å². The molecule has 0 radical (unpaired) electrons. The summed E-state index contributed by atoms with van der Waals surface area (Å²) < 4.78 is 16.3. The van der Waals surface area contributed by atoms with E-state index in [-0.39, 0.29) is 0 Å². The minimum absolute atomic E-state index is 0.446. The number of aromatic nitrogens is 3. The zero-order valence-electron chi connectivity index (χ0n) is 21.1. The zero-order valence-corrected chi connectivity index (χ0v) is 21.9. The molecule has 3 heterocycles. The number of nitrogens with zero attached hydrogens (tertiary/aromatic N) is 5. The fourth-order valence-corrected chi connectivity index (χ4v) is 6.13. The van der Waals surface area contributed by atoms with E-state index in [0.29, 0.717) is 29.4 Å². The Bertz CT molecular complexity index is 1430. The molecule has 36 heavy (non-hydrogen) atoms. The molecule has 1 atom stereocenters. The summed E-state index contributed by atoms with van der Waals surface area (Å²) in [6.07, 6.45) is 11.1. The second-order valence-corrected chi connectivity index (χ2v) is 13.2. The molecule has 0 bridgehead atoms. The first kappa shape index (κ1) is 23.4. The highest BCUT2D eigenvalue weighted by molar-refractivity contribution is 7.92. The van der Waals surface area contributed by atoms with Gasteiger partial charge in [-0.05, 0) is 91.9 Å². The first-order valence-electron chi connectivity index (χ1n) is 12.7. The Morgan fingerprint density at radius 2 is 1.89 bits per heavy atom. The predicted octanol–water partition coefficient (Wildman–Crippen LogP) is 5.46. The van der Waals surface area contributed by atoms with Gasteiger partial charge in [-0.2, -0.15) is 9.35 Å². The Morgan fingerprint density at radius 3 is 2.69 bits per heavy atom. The predicted molar refractivity (Wildman–Crippen MR) is 145 cm³/mol. The fraction of sp³-hybridized carbons (Fsp3) is 0.444. The Kier molecular flexibility index (Phi) is 5.92. The third-order valence-electron chi connectivity index (χ3n) is 7.12. The molecule has 0 amide bonds. The molecule has 1 fully saturated rings. The summed E-state index contributed by atoms with van der Waals surface area (Å²) in [5.74, 6) is 3.52. The van der Waals surface area contributed by atoms with E-state index in [0.717, 1.165) is 49.4 Å². The molecule has 0 spiro atoms. The summed E-state index contributed by atoms with van der Waals surface area (Å²) >= 11 is 0. The van der Waals surface area contributed by atoms with Gasteiger partial charge in [0.25, 0.3) is 0 Å². The van der Waals surface area contributed by atoms with Crippen molar-refractivity contribution in [1.29, 1.82) is 0 Å². The highest BCUT2D eigenvalue weighted by Crippen LogP contribution is 2.44. The molecule has 1 unspecified atom stereocenters. The van der Waals surface area contributed by atoms with E-state index in [1.165, 1.54) is 24.0 Å². The van der Waals surface area contributed by atoms with E-state index in [2.05, 4.69) is 49.0 Å². The smallest absolute Gasteiger partial charge is 0.229 e. The Labute approximate surface area is 213 Å². The fourth-order valence-electron chi connectivity index (χ4n) is 5.57. The molecule has 1 aliphatic heterocycles. The average Bonchev–Trinajstić information content (AvgIpc) is 3.63. The Hall–Kier alpha value is -3.04. The molecule has 1 saturated carbocycles. The first-order chi connectivity index (χ1) is 17.3. The summed E-state index contributed by atoms with van der Waals surface area (Å²) in [5, 5.41) is 6.86. The van der Waals surface area contributed by atoms with E-state index in [1.54, 1.807) is 24.1 Å². The number of hydrogen-bond donors (Lipinski definition) is 2. The molecule has 1 aromatic carbocycles. The summed E-state index contributed by atoms with van der Waals surface area (Å²) in [7, 11) is -0.0760. The van der Waals surface area contributed by atoms with Crippen LogP contribution in [0.25, 0.3) is 0 Å². The van der Waals surface area contributed by atoms with Crippen molar-refractivity contribution in [2.45, 2.75) is 50.5 Å². The Morgan fingerprint density at radius 1 is 1.06 bits per heavy atom. The summed E-state index contributed by atoms with van der Waals surface area (Å²) in [6.45, 7) is 2.14. The number of likely N-dealkylation sites (N-methyl/N-ethyl adjacent to an activating group) is 1. The maximum Gasteiger partial charge on any atom is 0.229 e. The minimum atomic E-state index is -2.29. The Balaban J connectivity index is 1.30. The molecular weight excluding hydrogens is 470 g/mol. The van der Waals surface area contributed by atoms with E-state index in [1.807, 2.05) is 18.3 Å². The minimum Gasteiger partial charge on any atom is -0.324 e. The van der Waals surface area contributed by atoms with Gasteiger partial charge in [0.1, 0.15) is 11.6 Å². The van der Waals surface area contributed by atoms with Crippen molar-refractivity contribution in [2.24, 2.45) is 4.36 Å². The molecule has 2 aliphatic carbocycles. The molecule has 0 saturated heterocycles. The van der Waals surface area contributed by atoms with E-state index in [4.69, 9.17) is 4.98 Å². The van der Waals surface area contributed by atoms with E-state index < -0.39 is 9.73 Å². The number of rotatable bonds is 6. The van der Waals surface area contributed by atoms with Gasteiger partial charge in [0.2, 0.25) is 5.95 Å². The number of nitrogens with one attached hydrogen (secondary N) is 2. The highest BCUT2D eigenvalue weighted by atomic mass is 32.2. The van der Waals surface area contributed by atoms with Crippen molar-refractivity contribution in [1.82, 2.24) is 19.9 Å². The quantitative estimate of drug-likeness (QED) is 0.461. The average molecular weight is 504 g/mol.